The zero-order chi connectivity index (χ0) is 49.2. The van der Waals surface area contributed by atoms with Crippen LogP contribution in [0.4, 0.5) is 34.1 Å². The first-order valence-corrected chi connectivity index (χ1v) is 25.8. The summed E-state index contributed by atoms with van der Waals surface area (Å²) in [5.41, 5.74) is 24.8. The molecule has 352 valence electrons. The van der Waals surface area contributed by atoms with Crippen molar-refractivity contribution in [3.63, 3.8) is 0 Å². The summed E-state index contributed by atoms with van der Waals surface area (Å²) >= 11 is 0. The van der Waals surface area contributed by atoms with E-state index in [1.807, 2.05) is 0 Å². The van der Waals surface area contributed by atoms with E-state index in [2.05, 4.69) is 245 Å². The van der Waals surface area contributed by atoms with E-state index >= 15 is 0 Å². The summed E-state index contributed by atoms with van der Waals surface area (Å²) in [6.07, 6.45) is 2.33. The molecule has 2 aromatic heterocycles. The lowest BCUT2D eigenvalue weighted by molar-refractivity contribution is 0.332. The summed E-state index contributed by atoms with van der Waals surface area (Å²) in [6, 6.07) is 51.7. The van der Waals surface area contributed by atoms with E-state index in [-0.39, 0.29) is 33.8 Å². The maximum absolute atomic E-state index is 6.93. The molecule has 12 rings (SSSR count). The molecule has 4 nitrogen and oxygen atoms in total. The number of rotatable bonds is 4. The first-order chi connectivity index (χ1) is 33.0. The van der Waals surface area contributed by atoms with Crippen molar-refractivity contribution in [2.24, 2.45) is 0 Å². The van der Waals surface area contributed by atoms with Crippen molar-refractivity contribution < 1.29 is 4.42 Å². The maximum atomic E-state index is 6.93. The average Bonchev–Trinajstić information content (AvgIpc) is 3.84. The number of fused-ring (bicyclic) bond motifs is 10. The van der Waals surface area contributed by atoms with Gasteiger partial charge in [0.1, 0.15) is 11.1 Å². The van der Waals surface area contributed by atoms with E-state index < -0.39 is 0 Å². The van der Waals surface area contributed by atoms with Crippen LogP contribution in [0.25, 0.3) is 38.7 Å². The highest BCUT2D eigenvalue weighted by Gasteiger charge is 2.45. The van der Waals surface area contributed by atoms with Crippen LogP contribution in [-0.4, -0.2) is 11.3 Å². The molecule has 3 aliphatic rings. The number of para-hydroxylation sites is 2. The molecule has 0 spiro atoms. The lowest BCUT2D eigenvalue weighted by Crippen LogP contribution is -2.60. The minimum atomic E-state index is -0.0626. The quantitative estimate of drug-likeness (QED) is 0.164. The molecule has 0 fully saturated rings. The zero-order valence-corrected chi connectivity index (χ0v) is 43.9. The van der Waals surface area contributed by atoms with Crippen LogP contribution < -0.4 is 26.2 Å². The number of furan rings is 1. The van der Waals surface area contributed by atoms with Gasteiger partial charge in [0, 0.05) is 44.9 Å². The molecule has 5 heteroatoms. The van der Waals surface area contributed by atoms with E-state index in [4.69, 9.17) is 4.42 Å². The van der Waals surface area contributed by atoms with Crippen LogP contribution in [0.3, 0.4) is 0 Å². The molecule has 0 bridgehead atoms. The lowest BCUT2D eigenvalue weighted by atomic mass is 9.33. The Morgan fingerprint density at radius 1 is 0.500 bits per heavy atom. The lowest BCUT2D eigenvalue weighted by Gasteiger charge is -2.45. The molecule has 7 aromatic carbocycles. The highest BCUT2D eigenvalue weighted by Crippen LogP contribution is 2.52. The standard InChI is InChI=1S/C65H68BN3O/c1-39-34-48-49(65(13,14)33-32-64(48,11)12)38-52(39)68-53-35-42(63(8,9)10)26-31-50(53)66-51-20-17-19-47-58(51)69(59-46-18-15-16-21-56(46)70-60(47)59)55-37-45(36-54(68)57(55)66)67(43-27-22-40(23-28-43)61(2,3)4)44-29-24-41(25-30-44)62(5,6)7/h15-31,34-38H,32-33H2,1-14H3. The summed E-state index contributed by atoms with van der Waals surface area (Å²) in [5, 5.41) is 2.28. The van der Waals surface area contributed by atoms with Gasteiger partial charge in [0.2, 0.25) is 0 Å². The minimum absolute atomic E-state index is 0.0142. The SMILES string of the molecule is Cc1cc2c(cc1N1c3cc(C(C)(C)C)ccc3B3c4c1cc(N(c1ccc(C(C)(C)C)cc1)c1ccc(C(C)(C)C)cc1)cc4-n1c4c3cccc4c3oc4ccccc4c31)C(C)(C)CCC2(C)C. The highest BCUT2D eigenvalue weighted by atomic mass is 16.3. The van der Waals surface area contributed by atoms with Crippen LogP contribution in [0, 0.1) is 6.92 Å². The average molecular weight is 918 g/mol. The number of aryl methyl sites for hydroxylation is 1. The highest BCUT2D eigenvalue weighted by molar-refractivity contribution is 7.00. The molecule has 9 aromatic rings. The van der Waals surface area contributed by atoms with Crippen LogP contribution in [0.2, 0.25) is 0 Å². The Kier molecular flexibility index (Phi) is 9.45. The van der Waals surface area contributed by atoms with E-state index in [0.717, 1.165) is 50.9 Å². The van der Waals surface area contributed by atoms with Crippen LogP contribution in [0.1, 0.15) is 136 Å². The second-order valence-corrected chi connectivity index (χ2v) is 25.4. The van der Waals surface area contributed by atoms with Gasteiger partial charge in [-0.3, -0.25) is 0 Å². The molecule has 0 saturated carbocycles. The van der Waals surface area contributed by atoms with Gasteiger partial charge in [0.15, 0.2) is 5.58 Å². The van der Waals surface area contributed by atoms with Crippen molar-refractivity contribution >= 4 is 90.2 Å². The summed E-state index contributed by atoms with van der Waals surface area (Å²) in [7, 11) is 0. The summed E-state index contributed by atoms with van der Waals surface area (Å²) in [4.78, 5) is 5.18. The van der Waals surface area contributed by atoms with E-state index in [1.165, 1.54) is 84.5 Å². The van der Waals surface area contributed by atoms with Gasteiger partial charge >= 0.3 is 0 Å². The molecule has 4 heterocycles. The van der Waals surface area contributed by atoms with Crippen LogP contribution in [0.15, 0.2) is 138 Å². The molecular formula is C65H68BN3O. The first-order valence-electron chi connectivity index (χ1n) is 25.8. The number of benzene rings is 7. The normalized spacial score (nSPS) is 15.9. The van der Waals surface area contributed by atoms with Crippen LogP contribution in [-0.2, 0) is 27.1 Å². The Bertz CT molecular complexity index is 3560. The Morgan fingerprint density at radius 3 is 1.67 bits per heavy atom. The third kappa shape index (κ3) is 6.62. The topological polar surface area (TPSA) is 24.6 Å². The fourth-order valence-corrected chi connectivity index (χ4v) is 12.4. The van der Waals surface area contributed by atoms with Crippen molar-refractivity contribution in [3.05, 3.63) is 167 Å². The number of nitrogens with zero attached hydrogens (tertiary/aromatic N) is 3. The van der Waals surface area contributed by atoms with E-state index in [0.29, 0.717) is 0 Å². The number of hydrogen-bond donors (Lipinski definition) is 0. The Morgan fingerprint density at radius 2 is 1.06 bits per heavy atom. The summed E-state index contributed by atoms with van der Waals surface area (Å²) in [5.74, 6) is 0. The van der Waals surface area contributed by atoms with Gasteiger partial charge in [0.25, 0.3) is 6.71 Å². The second kappa shape index (κ2) is 14.8. The van der Waals surface area contributed by atoms with Crippen molar-refractivity contribution in [1.82, 2.24) is 4.57 Å². The number of hydrogen-bond acceptors (Lipinski definition) is 3. The van der Waals surface area contributed by atoms with Crippen LogP contribution in [0.5, 0.6) is 0 Å². The van der Waals surface area contributed by atoms with Crippen LogP contribution >= 0.6 is 0 Å². The second-order valence-electron chi connectivity index (χ2n) is 25.4. The van der Waals surface area contributed by atoms with Crippen molar-refractivity contribution in [1.29, 1.82) is 0 Å². The molecule has 0 atom stereocenters. The minimum Gasteiger partial charge on any atom is -0.454 e. The van der Waals surface area contributed by atoms with Gasteiger partial charge in [-0.05, 0) is 163 Å². The smallest absolute Gasteiger partial charge is 0.252 e. The van der Waals surface area contributed by atoms with Gasteiger partial charge in [-0.1, -0.05) is 157 Å². The number of anilines is 6. The Balaban J connectivity index is 1.24. The summed E-state index contributed by atoms with van der Waals surface area (Å²) in [6.45, 7) is 33.0. The first kappa shape index (κ1) is 44.7. The molecule has 1 aliphatic carbocycles. The fourth-order valence-electron chi connectivity index (χ4n) is 12.4. The van der Waals surface area contributed by atoms with E-state index in [1.54, 1.807) is 0 Å². The molecule has 0 amide bonds. The third-order valence-electron chi connectivity index (χ3n) is 16.6. The van der Waals surface area contributed by atoms with Gasteiger partial charge < -0.3 is 18.8 Å². The largest absolute Gasteiger partial charge is 0.454 e. The molecule has 2 aliphatic heterocycles. The Hall–Kier alpha value is -6.46. The van der Waals surface area contributed by atoms with Crippen molar-refractivity contribution in [3.8, 4) is 5.69 Å². The third-order valence-corrected chi connectivity index (χ3v) is 16.6. The summed E-state index contributed by atoms with van der Waals surface area (Å²) < 4.78 is 9.51. The zero-order valence-electron chi connectivity index (χ0n) is 43.9. The van der Waals surface area contributed by atoms with E-state index in [9.17, 15) is 0 Å². The number of aromatic nitrogens is 1. The Labute approximate surface area is 416 Å². The molecule has 0 N–H and O–H groups in total. The van der Waals surface area contributed by atoms with Gasteiger partial charge in [-0.15, -0.1) is 0 Å². The predicted molar refractivity (Wildman–Crippen MR) is 301 cm³/mol. The fraction of sp³-hybridized carbons (Fsp3) is 0.323. The van der Waals surface area contributed by atoms with Gasteiger partial charge in [-0.25, -0.2) is 0 Å². The van der Waals surface area contributed by atoms with Gasteiger partial charge in [0.05, 0.1) is 11.2 Å². The predicted octanol–water partition coefficient (Wildman–Crippen LogP) is 16.2. The van der Waals surface area contributed by atoms with Crippen molar-refractivity contribution in [2.75, 3.05) is 9.80 Å². The molecule has 70 heavy (non-hydrogen) atoms. The maximum Gasteiger partial charge on any atom is 0.252 e. The molecular weight excluding hydrogens is 850 g/mol. The molecule has 0 radical (unpaired) electrons. The van der Waals surface area contributed by atoms with Crippen molar-refractivity contribution in [2.45, 2.75) is 137 Å². The van der Waals surface area contributed by atoms with Gasteiger partial charge in [-0.2, -0.15) is 0 Å². The molecule has 0 unspecified atom stereocenters. The molecule has 0 saturated heterocycles. The monoisotopic (exact) mass is 918 g/mol.